The van der Waals surface area contributed by atoms with E-state index in [-0.39, 0.29) is 0 Å². The summed E-state index contributed by atoms with van der Waals surface area (Å²) in [5, 5.41) is 0. The maximum absolute atomic E-state index is 5.52. The Morgan fingerprint density at radius 2 is 0.731 bits per heavy atom. The smallest absolute Gasteiger partial charge is 0.0701 e. The average molecular weight is 382 g/mol. The van der Waals surface area contributed by atoms with Crippen molar-refractivity contribution in [3.05, 3.63) is 0 Å². The highest BCUT2D eigenvalue weighted by Gasteiger charge is 1.99. The highest BCUT2D eigenvalue weighted by Crippen LogP contribution is 1.87. The maximum Gasteiger partial charge on any atom is 0.0701 e. The summed E-state index contributed by atoms with van der Waals surface area (Å²) in [6.45, 7) is 9.95. The van der Waals surface area contributed by atoms with Gasteiger partial charge in [-0.1, -0.05) is 0 Å². The lowest BCUT2D eigenvalue weighted by Crippen LogP contribution is -2.28. The minimum absolute atomic E-state index is 0.542. The zero-order valence-corrected chi connectivity index (χ0v) is 16.4. The van der Waals surface area contributed by atoms with Crippen molar-refractivity contribution in [1.29, 1.82) is 0 Å². The summed E-state index contributed by atoms with van der Waals surface area (Å²) >= 11 is 0. The predicted molar refractivity (Wildman–Crippen MR) is 101 cm³/mol. The molecule has 0 aromatic rings. The van der Waals surface area contributed by atoms with Crippen molar-refractivity contribution in [3.63, 3.8) is 0 Å². The molecule has 9 nitrogen and oxygen atoms in total. The first-order valence-electron chi connectivity index (χ1n) is 9.36. The summed E-state index contributed by atoms with van der Waals surface area (Å²) < 4.78 is 32.2. The zero-order valence-electron chi connectivity index (χ0n) is 16.4. The molecule has 9 heteroatoms. The number of nitrogens with zero attached hydrogens (tertiary/aromatic N) is 1. The van der Waals surface area contributed by atoms with Crippen LogP contribution < -0.4 is 11.5 Å². The van der Waals surface area contributed by atoms with Crippen LogP contribution in [0.25, 0.3) is 0 Å². The van der Waals surface area contributed by atoms with E-state index in [1.807, 2.05) is 7.05 Å². The molecule has 0 aliphatic heterocycles. The highest BCUT2D eigenvalue weighted by atomic mass is 16.5. The fourth-order valence-corrected chi connectivity index (χ4v) is 1.80. The van der Waals surface area contributed by atoms with Crippen LogP contribution in [-0.2, 0) is 28.4 Å². The third-order valence-electron chi connectivity index (χ3n) is 3.25. The summed E-state index contributed by atoms with van der Waals surface area (Å²) in [7, 11) is 2.04. The molecule has 0 saturated heterocycles. The maximum atomic E-state index is 5.52. The van der Waals surface area contributed by atoms with Crippen LogP contribution in [0, 0.1) is 0 Å². The fraction of sp³-hybridized carbons (Fsp3) is 1.00. The van der Waals surface area contributed by atoms with Gasteiger partial charge in [-0.2, -0.15) is 0 Å². The summed E-state index contributed by atoms with van der Waals surface area (Å²) in [5.74, 6) is 0. The van der Waals surface area contributed by atoms with E-state index in [1.54, 1.807) is 0 Å². The minimum atomic E-state index is 0.542. The Labute approximate surface area is 158 Å². The van der Waals surface area contributed by atoms with Crippen LogP contribution in [0.2, 0.25) is 0 Å². The quantitative estimate of drug-likeness (QED) is 0.227. The molecule has 0 bridgehead atoms. The molecule has 0 aromatic heterocycles. The van der Waals surface area contributed by atoms with Gasteiger partial charge in [0.05, 0.1) is 79.3 Å². The third-order valence-corrected chi connectivity index (χ3v) is 3.25. The Balaban J connectivity index is 3.12. The Morgan fingerprint density at radius 3 is 1.04 bits per heavy atom. The summed E-state index contributed by atoms with van der Waals surface area (Å²) in [6, 6.07) is 0. The van der Waals surface area contributed by atoms with E-state index in [9.17, 15) is 0 Å². The van der Waals surface area contributed by atoms with Gasteiger partial charge >= 0.3 is 0 Å². The van der Waals surface area contributed by atoms with E-state index in [0.29, 0.717) is 92.4 Å². The van der Waals surface area contributed by atoms with Gasteiger partial charge < -0.3 is 44.8 Å². The molecule has 0 unspecified atom stereocenters. The van der Waals surface area contributed by atoms with Crippen LogP contribution in [0.5, 0.6) is 0 Å². The number of nitrogens with two attached hydrogens (primary N) is 2. The molecule has 0 fully saturated rings. The first kappa shape index (κ1) is 25.6. The molecule has 0 aliphatic rings. The largest absolute Gasteiger partial charge is 0.378 e. The van der Waals surface area contributed by atoms with Gasteiger partial charge in [-0.05, 0) is 7.05 Å². The molecular weight excluding hydrogens is 342 g/mol. The summed E-state index contributed by atoms with van der Waals surface area (Å²) in [4.78, 5) is 2.17. The van der Waals surface area contributed by atoms with Crippen LogP contribution in [0.4, 0.5) is 0 Å². The average Bonchev–Trinajstić information content (AvgIpc) is 2.64. The summed E-state index contributed by atoms with van der Waals surface area (Å²) in [5.41, 5.74) is 10.6. The predicted octanol–water partition coefficient (Wildman–Crippen LogP) is -1.06. The normalized spacial score (nSPS) is 11.5. The topological polar surface area (TPSA) is 111 Å². The van der Waals surface area contributed by atoms with E-state index >= 15 is 0 Å². The van der Waals surface area contributed by atoms with Gasteiger partial charge in [0, 0.05) is 26.2 Å². The second-order valence-corrected chi connectivity index (χ2v) is 5.55. The number of ether oxygens (including phenoxy) is 6. The minimum Gasteiger partial charge on any atom is -0.378 e. The van der Waals surface area contributed by atoms with Crippen molar-refractivity contribution in [3.8, 4) is 0 Å². The fourth-order valence-electron chi connectivity index (χ4n) is 1.80. The lowest BCUT2D eigenvalue weighted by molar-refractivity contribution is 0.00572. The van der Waals surface area contributed by atoms with Crippen LogP contribution in [0.3, 0.4) is 0 Å². The van der Waals surface area contributed by atoms with Crippen molar-refractivity contribution >= 4 is 0 Å². The van der Waals surface area contributed by atoms with Gasteiger partial charge in [0.2, 0.25) is 0 Å². The molecule has 0 amide bonds. The van der Waals surface area contributed by atoms with E-state index in [1.165, 1.54) is 0 Å². The van der Waals surface area contributed by atoms with Crippen LogP contribution >= 0.6 is 0 Å². The molecule has 0 aromatic carbocycles. The molecule has 26 heavy (non-hydrogen) atoms. The van der Waals surface area contributed by atoms with Crippen LogP contribution in [0.1, 0.15) is 0 Å². The Morgan fingerprint density at radius 1 is 0.462 bits per heavy atom. The first-order chi connectivity index (χ1) is 12.8. The monoisotopic (exact) mass is 381 g/mol. The lowest BCUT2D eigenvalue weighted by atomic mass is 10.5. The van der Waals surface area contributed by atoms with Crippen molar-refractivity contribution in [2.75, 3.05) is 113 Å². The van der Waals surface area contributed by atoms with Crippen molar-refractivity contribution in [1.82, 2.24) is 4.90 Å². The Kier molecular flexibility index (Phi) is 22.4. The van der Waals surface area contributed by atoms with E-state index in [2.05, 4.69) is 4.90 Å². The van der Waals surface area contributed by atoms with E-state index < -0.39 is 0 Å². The molecule has 0 aliphatic carbocycles. The first-order valence-corrected chi connectivity index (χ1v) is 9.36. The third kappa shape index (κ3) is 21.7. The second-order valence-electron chi connectivity index (χ2n) is 5.55. The number of hydrogen-bond acceptors (Lipinski definition) is 9. The van der Waals surface area contributed by atoms with E-state index in [0.717, 1.165) is 13.1 Å². The number of rotatable bonds is 22. The molecular formula is C17H39N3O6. The van der Waals surface area contributed by atoms with Gasteiger partial charge in [-0.15, -0.1) is 0 Å². The Bertz CT molecular complexity index is 241. The van der Waals surface area contributed by atoms with Crippen LogP contribution in [0.15, 0.2) is 0 Å². The van der Waals surface area contributed by atoms with Gasteiger partial charge in [0.1, 0.15) is 0 Å². The van der Waals surface area contributed by atoms with Crippen molar-refractivity contribution < 1.29 is 28.4 Å². The van der Waals surface area contributed by atoms with Crippen LogP contribution in [-0.4, -0.2) is 117 Å². The molecule has 0 heterocycles. The second kappa shape index (κ2) is 22.7. The SMILES string of the molecule is CN(CCOCCOCCOCCN)CCOCCOCCOCCN. The molecule has 0 saturated carbocycles. The Hall–Kier alpha value is -0.360. The molecule has 158 valence electrons. The van der Waals surface area contributed by atoms with Crippen molar-refractivity contribution in [2.45, 2.75) is 0 Å². The summed E-state index contributed by atoms with van der Waals surface area (Å²) in [6.07, 6.45) is 0. The number of likely N-dealkylation sites (N-methyl/N-ethyl adjacent to an activating group) is 1. The lowest BCUT2D eigenvalue weighted by Gasteiger charge is -2.16. The van der Waals surface area contributed by atoms with Gasteiger partial charge in [0.15, 0.2) is 0 Å². The van der Waals surface area contributed by atoms with Gasteiger partial charge in [-0.25, -0.2) is 0 Å². The standard InChI is InChI=1S/C17H39N3O6/c1-20(4-8-23-12-16-25-14-10-21-6-2-18)5-9-24-13-17-26-15-11-22-7-3-19/h2-19H2,1H3. The molecule has 0 radical (unpaired) electrons. The van der Waals surface area contributed by atoms with Gasteiger partial charge in [-0.3, -0.25) is 0 Å². The molecule has 0 atom stereocenters. The van der Waals surface area contributed by atoms with Gasteiger partial charge in [0.25, 0.3) is 0 Å². The number of hydrogen-bond donors (Lipinski definition) is 2. The van der Waals surface area contributed by atoms with E-state index in [4.69, 9.17) is 39.9 Å². The van der Waals surface area contributed by atoms with Crippen molar-refractivity contribution in [2.24, 2.45) is 11.5 Å². The molecule has 0 rings (SSSR count). The molecule has 4 N–H and O–H groups in total. The molecule has 0 spiro atoms. The highest BCUT2D eigenvalue weighted by molar-refractivity contribution is 4.49. The zero-order chi connectivity index (χ0) is 19.1.